The molecule has 4 rings (SSSR count). The summed E-state index contributed by atoms with van der Waals surface area (Å²) in [5, 5.41) is 0. The summed E-state index contributed by atoms with van der Waals surface area (Å²) in [6.07, 6.45) is 2.65. The van der Waals surface area contributed by atoms with Gasteiger partial charge in [0.2, 0.25) is 0 Å². The zero-order valence-corrected chi connectivity index (χ0v) is 18.5. The molecular formula is C25H33N5O2. The molecule has 1 saturated heterocycles. The lowest BCUT2D eigenvalue weighted by molar-refractivity contribution is 0.0526. The molecule has 170 valence electrons. The van der Waals surface area contributed by atoms with Gasteiger partial charge in [0.05, 0.1) is 12.2 Å². The lowest BCUT2D eigenvalue weighted by Crippen LogP contribution is -2.17. The first-order valence-corrected chi connectivity index (χ1v) is 10.6. The maximum Gasteiger partial charge on any atom is 0.338 e. The Morgan fingerprint density at radius 3 is 1.50 bits per heavy atom. The molecule has 0 atom stereocenters. The second kappa shape index (κ2) is 12.7. The molecule has 8 N–H and O–H groups in total. The number of benzene rings is 3. The molecule has 3 aromatic rings. The third kappa shape index (κ3) is 8.47. The maximum atomic E-state index is 11.1. The van der Waals surface area contributed by atoms with Crippen LogP contribution >= 0.6 is 0 Å². The van der Waals surface area contributed by atoms with Gasteiger partial charge in [0, 0.05) is 41.5 Å². The van der Waals surface area contributed by atoms with Crippen LogP contribution in [0.1, 0.15) is 30.1 Å². The van der Waals surface area contributed by atoms with E-state index in [4.69, 9.17) is 27.7 Å². The van der Waals surface area contributed by atoms with Gasteiger partial charge in [-0.3, -0.25) is 0 Å². The first-order chi connectivity index (χ1) is 15.4. The molecular weight excluding hydrogens is 402 g/mol. The van der Waals surface area contributed by atoms with Crippen molar-refractivity contribution >= 4 is 34.4 Å². The summed E-state index contributed by atoms with van der Waals surface area (Å²) in [5.41, 5.74) is 26.6. The van der Waals surface area contributed by atoms with Gasteiger partial charge in [0.1, 0.15) is 0 Å². The molecule has 0 aromatic heterocycles. The van der Waals surface area contributed by atoms with Gasteiger partial charge >= 0.3 is 5.97 Å². The van der Waals surface area contributed by atoms with Crippen molar-refractivity contribution in [3.63, 3.8) is 0 Å². The fraction of sp³-hybridized carbons (Fsp3) is 0.240. The number of hydrogen-bond donors (Lipinski definition) is 4. The van der Waals surface area contributed by atoms with E-state index in [0.29, 0.717) is 17.9 Å². The first-order valence-electron chi connectivity index (χ1n) is 10.6. The normalized spacial score (nSPS) is 12.1. The van der Waals surface area contributed by atoms with E-state index in [0.717, 1.165) is 17.1 Å². The summed E-state index contributed by atoms with van der Waals surface area (Å²) in [7, 11) is 0. The molecule has 32 heavy (non-hydrogen) atoms. The number of esters is 1. The average Bonchev–Trinajstić information content (AvgIpc) is 3.33. The SMILES string of the molecule is CCOC(=O)c1ccc(N)cc1.Nc1ccc(N)cc1.Nc1ccc(N2CCCC2)cc1. The van der Waals surface area contributed by atoms with E-state index in [1.165, 1.54) is 31.6 Å². The Hall–Kier alpha value is -3.87. The van der Waals surface area contributed by atoms with Crippen molar-refractivity contribution in [2.24, 2.45) is 0 Å². The summed E-state index contributed by atoms with van der Waals surface area (Å²) in [6.45, 7) is 4.56. The highest BCUT2D eigenvalue weighted by Crippen LogP contribution is 2.20. The van der Waals surface area contributed by atoms with Gasteiger partial charge < -0.3 is 32.6 Å². The highest BCUT2D eigenvalue weighted by Gasteiger charge is 2.11. The van der Waals surface area contributed by atoms with Gasteiger partial charge in [-0.25, -0.2) is 4.79 Å². The van der Waals surface area contributed by atoms with E-state index >= 15 is 0 Å². The van der Waals surface area contributed by atoms with Crippen LogP contribution in [-0.2, 0) is 4.74 Å². The van der Waals surface area contributed by atoms with Crippen LogP contribution in [0.4, 0.5) is 28.4 Å². The van der Waals surface area contributed by atoms with Crippen molar-refractivity contribution in [3.8, 4) is 0 Å². The minimum atomic E-state index is -0.308. The number of nitrogens with two attached hydrogens (primary N) is 4. The molecule has 0 unspecified atom stereocenters. The lowest BCUT2D eigenvalue weighted by Gasteiger charge is -2.17. The molecule has 0 aliphatic carbocycles. The van der Waals surface area contributed by atoms with E-state index in [-0.39, 0.29) is 5.97 Å². The average molecular weight is 436 g/mol. The Balaban J connectivity index is 0.000000174. The van der Waals surface area contributed by atoms with Gasteiger partial charge in [-0.2, -0.15) is 0 Å². The van der Waals surface area contributed by atoms with Crippen LogP contribution in [-0.4, -0.2) is 25.7 Å². The fourth-order valence-corrected chi connectivity index (χ4v) is 2.99. The van der Waals surface area contributed by atoms with Gasteiger partial charge in [0.25, 0.3) is 0 Å². The Kier molecular flexibility index (Phi) is 9.71. The van der Waals surface area contributed by atoms with Crippen LogP contribution in [0.5, 0.6) is 0 Å². The minimum Gasteiger partial charge on any atom is -0.462 e. The third-order valence-electron chi connectivity index (χ3n) is 4.72. The number of anilines is 5. The van der Waals surface area contributed by atoms with Crippen LogP contribution in [0, 0.1) is 0 Å². The van der Waals surface area contributed by atoms with Crippen molar-refractivity contribution in [3.05, 3.63) is 78.4 Å². The van der Waals surface area contributed by atoms with Crippen LogP contribution in [0.25, 0.3) is 0 Å². The monoisotopic (exact) mass is 435 g/mol. The van der Waals surface area contributed by atoms with Crippen LogP contribution in [0.3, 0.4) is 0 Å². The van der Waals surface area contributed by atoms with E-state index in [2.05, 4.69) is 17.0 Å². The maximum absolute atomic E-state index is 11.1. The Morgan fingerprint density at radius 2 is 1.09 bits per heavy atom. The highest BCUT2D eigenvalue weighted by molar-refractivity contribution is 5.89. The van der Waals surface area contributed by atoms with Crippen molar-refractivity contribution in [2.45, 2.75) is 19.8 Å². The Labute approximate surface area is 190 Å². The van der Waals surface area contributed by atoms with Crippen molar-refractivity contribution in [1.29, 1.82) is 0 Å². The van der Waals surface area contributed by atoms with Crippen molar-refractivity contribution in [2.75, 3.05) is 47.5 Å². The first kappa shape index (κ1) is 24.4. The topological polar surface area (TPSA) is 134 Å². The van der Waals surface area contributed by atoms with Crippen LogP contribution < -0.4 is 27.8 Å². The van der Waals surface area contributed by atoms with Crippen molar-refractivity contribution in [1.82, 2.24) is 0 Å². The molecule has 1 fully saturated rings. The van der Waals surface area contributed by atoms with E-state index < -0.39 is 0 Å². The van der Waals surface area contributed by atoms with Gasteiger partial charge in [-0.15, -0.1) is 0 Å². The molecule has 0 radical (unpaired) electrons. The van der Waals surface area contributed by atoms with Crippen LogP contribution in [0.15, 0.2) is 72.8 Å². The molecule has 7 nitrogen and oxygen atoms in total. The second-order valence-corrected chi connectivity index (χ2v) is 7.29. The molecule has 0 amide bonds. The largest absolute Gasteiger partial charge is 0.462 e. The molecule has 3 aromatic carbocycles. The molecule has 1 aliphatic heterocycles. The number of carbonyl (C=O) groups excluding carboxylic acids is 1. The molecule has 7 heteroatoms. The van der Waals surface area contributed by atoms with E-state index in [1.807, 2.05) is 12.1 Å². The molecule has 1 aliphatic rings. The summed E-state index contributed by atoms with van der Waals surface area (Å²) in [4.78, 5) is 13.5. The number of nitrogens with zero attached hydrogens (tertiary/aromatic N) is 1. The fourth-order valence-electron chi connectivity index (χ4n) is 2.99. The van der Waals surface area contributed by atoms with E-state index in [1.54, 1.807) is 55.5 Å². The number of ether oxygens (including phenoxy) is 1. The number of carbonyl (C=O) groups is 1. The number of hydrogen-bond acceptors (Lipinski definition) is 7. The summed E-state index contributed by atoms with van der Waals surface area (Å²) < 4.78 is 4.79. The zero-order valence-electron chi connectivity index (χ0n) is 18.5. The minimum absolute atomic E-state index is 0.308. The second-order valence-electron chi connectivity index (χ2n) is 7.29. The number of rotatable bonds is 3. The highest BCUT2D eigenvalue weighted by atomic mass is 16.5. The van der Waals surface area contributed by atoms with Gasteiger partial charge in [0.15, 0.2) is 0 Å². The van der Waals surface area contributed by atoms with Gasteiger partial charge in [-0.1, -0.05) is 0 Å². The molecule has 0 saturated carbocycles. The van der Waals surface area contributed by atoms with Crippen molar-refractivity contribution < 1.29 is 9.53 Å². The predicted octanol–water partition coefficient (Wildman–Crippen LogP) is 4.17. The van der Waals surface area contributed by atoms with E-state index in [9.17, 15) is 4.79 Å². The standard InChI is InChI=1S/C10H14N2.C9H11NO2.C6H8N2/c11-9-3-5-10(6-4-9)12-7-1-2-8-12;1-2-12-9(11)7-3-5-8(10)6-4-7;7-5-1-2-6(8)4-3-5/h3-6H,1-2,7-8,11H2;3-6H,2,10H2,1H3;1-4H,7-8H2. The summed E-state index contributed by atoms with van der Waals surface area (Å²) in [5.74, 6) is -0.308. The zero-order chi connectivity index (χ0) is 23.3. The van der Waals surface area contributed by atoms with Gasteiger partial charge in [-0.05, 0) is 92.6 Å². The quantitative estimate of drug-likeness (QED) is 0.358. The number of nitrogen functional groups attached to an aromatic ring is 4. The van der Waals surface area contributed by atoms with Crippen LogP contribution in [0.2, 0.25) is 0 Å². The molecule has 1 heterocycles. The molecule has 0 bridgehead atoms. The lowest BCUT2D eigenvalue weighted by atomic mass is 10.2. The smallest absolute Gasteiger partial charge is 0.338 e. The molecule has 0 spiro atoms. The Bertz CT molecular complexity index is 915. The Morgan fingerprint density at radius 1 is 0.719 bits per heavy atom. The third-order valence-corrected chi connectivity index (χ3v) is 4.72. The predicted molar refractivity (Wildman–Crippen MR) is 134 cm³/mol. The summed E-state index contributed by atoms with van der Waals surface area (Å²) >= 11 is 0. The summed E-state index contributed by atoms with van der Waals surface area (Å²) in [6, 6.07) is 21.9.